The lowest BCUT2D eigenvalue weighted by atomic mass is 9.90. The molecule has 0 aliphatic carbocycles. The maximum atomic E-state index is 3.44. The number of nitrogens with one attached hydrogen (secondary N) is 1. The smallest absolute Gasteiger partial charge is 0.00233 e. The van der Waals surface area contributed by atoms with Crippen LogP contribution in [0.2, 0.25) is 0 Å². The first-order valence-corrected chi connectivity index (χ1v) is 5.04. The van der Waals surface area contributed by atoms with Crippen molar-refractivity contribution in [2.75, 3.05) is 13.1 Å². The van der Waals surface area contributed by atoms with E-state index in [1.165, 1.54) is 17.7 Å². The van der Waals surface area contributed by atoms with E-state index in [9.17, 15) is 0 Å². The molecule has 1 heterocycles. The summed E-state index contributed by atoms with van der Waals surface area (Å²) in [6, 6.07) is 8.95. The largest absolute Gasteiger partial charge is 0.316 e. The standard InChI is InChI=1S/C12H17N/c1-9-3-5-11(6-4-9)12-8-13-7-10(12)2/h3-6,10,12-13H,7-8H2,1-2H3/t10-,12-/m1/s1. The van der Waals surface area contributed by atoms with Crippen molar-refractivity contribution >= 4 is 0 Å². The molecule has 0 radical (unpaired) electrons. The molecule has 1 N–H and O–H groups in total. The third-order valence-corrected chi connectivity index (χ3v) is 3.02. The summed E-state index contributed by atoms with van der Waals surface area (Å²) < 4.78 is 0. The van der Waals surface area contributed by atoms with Crippen molar-refractivity contribution in [3.63, 3.8) is 0 Å². The Labute approximate surface area is 80.2 Å². The zero-order valence-electron chi connectivity index (χ0n) is 8.38. The minimum atomic E-state index is 0.723. The van der Waals surface area contributed by atoms with Crippen LogP contribution in [0.25, 0.3) is 0 Å². The van der Waals surface area contributed by atoms with Crippen LogP contribution < -0.4 is 5.32 Å². The highest BCUT2D eigenvalue weighted by atomic mass is 14.9. The van der Waals surface area contributed by atoms with E-state index in [1.807, 2.05) is 0 Å². The summed E-state index contributed by atoms with van der Waals surface area (Å²) in [5, 5.41) is 3.44. The summed E-state index contributed by atoms with van der Waals surface area (Å²) in [5.74, 6) is 1.50. The molecule has 1 aromatic rings. The summed E-state index contributed by atoms with van der Waals surface area (Å²) in [6.45, 7) is 6.77. The Bertz CT molecular complexity index is 276. The molecule has 2 rings (SSSR count). The van der Waals surface area contributed by atoms with Gasteiger partial charge in [-0.15, -0.1) is 0 Å². The second-order valence-electron chi connectivity index (χ2n) is 4.15. The Morgan fingerprint density at radius 3 is 2.38 bits per heavy atom. The van der Waals surface area contributed by atoms with Crippen LogP contribution in [0.4, 0.5) is 0 Å². The minimum Gasteiger partial charge on any atom is -0.316 e. The summed E-state index contributed by atoms with van der Waals surface area (Å²) in [5.41, 5.74) is 2.84. The first-order valence-electron chi connectivity index (χ1n) is 5.04. The van der Waals surface area contributed by atoms with Gasteiger partial charge in [0.15, 0.2) is 0 Å². The molecule has 0 bridgehead atoms. The molecule has 0 spiro atoms. The molecule has 2 atom stereocenters. The van der Waals surface area contributed by atoms with Crippen molar-refractivity contribution in [2.45, 2.75) is 19.8 Å². The van der Waals surface area contributed by atoms with E-state index >= 15 is 0 Å². The Morgan fingerprint density at radius 2 is 1.85 bits per heavy atom. The Balaban J connectivity index is 2.20. The van der Waals surface area contributed by atoms with Crippen molar-refractivity contribution in [1.29, 1.82) is 0 Å². The molecule has 13 heavy (non-hydrogen) atoms. The van der Waals surface area contributed by atoms with E-state index in [2.05, 4.69) is 43.4 Å². The van der Waals surface area contributed by atoms with Gasteiger partial charge in [0.05, 0.1) is 0 Å². The zero-order valence-corrected chi connectivity index (χ0v) is 8.38. The first kappa shape index (κ1) is 8.76. The van der Waals surface area contributed by atoms with Crippen LogP contribution in [0.3, 0.4) is 0 Å². The maximum Gasteiger partial charge on any atom is 0.00233 e. The molecule has 1 aliphatic rings. The highest BCUT2D eigenvalue weighted by Gasteiger charge is 2.23. The van der Waals surface area contributed by atoms with Crippen LogP contribution in [-0.4, -0.2) is 13.1 Å². The van der Waals surface area contributed by atoms with Gasteiger partial charge < -0.3 is 5.32 Å². The Kier molecular flexibility index (Phi) is 2.36. The predicted octanol–water partition coefficient (Wildman–Crippen LogP) is 2.32. The van der Waals surface area contributed by atoms with E-state index in [1.54, 1.807) is 0 Å². The zero-order chi connectivity index (χ0) is 9.26. The molecule has 0 saturated carbocycles. The van der Waals surface area contributed by atoms with Crippen LogP contribution in [0, 0.1) is 12.8 Å². The van der Waals surface area contributed by atoms with Crippen LogP contribution in [0.5, 0.6) is 0 Å². The van der Waals surface area contributed by atoms with Crippen LogP contribution in [-0.2, 0) is 0 Å². The fourth-order valence-electron chi connectivity index (χ4n) is 2.07. The lowest BCUT2D eigenvalue weighted by Gasteiger charge is -2.14. The average molecular weight is 175 g/mol. The molecule has 1 nitrogen and oxygen atoms in total. The lowest BCUT2D eigenvalue weighted by Crippen LogP contribution is -2.07. The Hall–Kier alpha value is -0.820. The molecule has 1 heteroatoms. The number of hydrogen-bond acceptors (Lipinski definition) is 1. The van der Waals surface area contributed by atoms with Crippen molar-refractivity contribution < 1.29 is 0 Å². The monoisotopic (exact) mass is 175 g/mol. The van der Waals surface area contributed by atoms with E-state index in [4.69, 9.17) is 0 Å². The number of aryl methyl sites for hydroxylation is 1. The van der Waals surface area contributed by atoms with Crippen molar-refractivity contribution in [3.8, 4) is 0 Å². The third-order valence-electron chi connectivity index (χ3n) is 3.02. The molecule has 1 fully saturated rings. The van der Waals surface area contributed by atoms with E-state index < -0.39 is 0 Å². The Morgan fingerprint density at radius 1 is 1.15 bits per heavy atom. The van der Waals surface area contributed by atoms with Crippen LogP contribution >= 0.6 is 0 Å². The normalized spacial score (nSPS) is 27.8. The van der Waals surface area contributed by atoms with Gasteiger partial charge in [0.25, 0.3) is 0 Å². The second-order valence-corrected chi connectivity index (χ2v) is 4.15. The molecule has 0 amide bonds. The molecule has 70 valence electrons. The molecule has 0 unspecified atom stereocenters. The van der Waals surface area contributed by atoms with Gasteiger partial charge in [-0.25, -0.2) is 0 Å². The van der Waals surface area contributed by atoms with Gasteiger partial charge in [-0.2, -0.15) is 0 Å². The second kappa shape index (κ2) is 3.51. The van der Waals surface area contributed by atoms with Gasteiger partial charge in [-0.05, 0) is 24.9 Å². The van der Waals surface area contributed by atoms with E-state index in [-0.39, 0.29) is 0 Å². The van der Waals surface area contributed by atoms with Gasteiger partial charge in [-0.1, -0.05) is 36.8 Å². The number of benzene rings is 1. The highest BCUT2D eigenvalue weighted by molar-refractivity contribution is 5.26. The van der Waals surface area contributed by atoms with Gasteiger partial charge in [-0.3, -0.25) is 0 Å². The molecule has 1 aromatic carbocycles. The lowest BCUT2D eigenvalue weighted by molar-refractivity contribution is 0.572. The predicted molar refractivity (Wildman–Crippen MR) is 56.0 cm³/mol. The van der Waals surface area contributed by atoms with Crippen molar-refractivity contribution in [3.05, 3.63) is 35.4 Å². The van der Waals surface area contributed by atoms with Gasteiger partial charge in [0.1, 0.15) is 0 Å². The summed E-state index contributed by atoms with van der Waals surface area (Å²) in [7, 11) is 0. The average Bonchev–Trinajstić information content (AvgIpc) is 2.53. The SMILES string of the molecule is Cc1ccc([C@@H]2CNC[C@H]2C)cc1. The van der Waals surface area contributed by atoms with Gasteiger partial charge in [0, 0.05) is 12.5 Å². The molecule has 1 saturated heterocycles. The fraction of sp³-hybridized carbons (Fsp3) is 0.500. The van der Waals surface area contributed by atoms with Gasteiger partial charge >= 0.3 is 0 Å². The molecular weight excluding hydrogens is 158 g/mol. The summed E-state index contributed by atoms with van der Waals surface area (Å²) >= 11 is 0. The minimum absolute atomic E-state index is 0.723. The maximum absolute atomic E-state index is 3.44. The number of hydrogen-bond donors (Lipinski definition) is 1. The molecule has 1 aliphatic heterocycles. The quantitative estimate of drug-likeness (QED) is 0.690. The van der Waals surface area contributed by atoms with Crippen molar-refractivity contribution in [2.24, 2.45) is 5.92 Å². The van der Waals surface area contributed by atoms with Crippen LogP contribution in [0.15, 0.2) is 24.3 Å². The number of rotatable bonds is 1. The van der Waals surface area contributed by atoms with Crippen LogP contribution in [0.1, 0.15) is 24.0 Å². The summed E-state index contributed by atoms with van der Waals surface area (Å²) in [4.78, 5) is 0. The van der Waals surface area contributed by atoms with E-state index in [0.717, 1.165) is 18.4 Å². The first-order chi connectivity index (χ1) is 6.27. The molecular formula is C12H17N. The topological polar surface area (TPSA) is 12.0 Å². The highest BCUT2D eigenvalue weighted by Crippen LogP contribution is 2.27. The summed E-state index contributed by atoms with van der Waals surface area (Å²) in [6.07, 6.45) is 0. The van der Waals surface area contributed by atoms with Gasteiger partial charge in [0.2, 0.25) is 0 Å². The van der Waals surface area contributed by atoms with E-state index in [0.29, 0.717) is 0 Å². The third kappa shape index (κ3) is 1.75. The van der Waals surface area contributed by atoms with Crippen molar-refractivity contribution in [1.82, 2.24) is 5.32 Å². The molecule has 0 aromatic heterocycles. The fourth-order valence-corrected chi connectivity index (χ4v) is 2.07.